The molecule has 2 unspecified atom stereocenters. The summed E-state index contributed by atoms with van der Waals surface area (Å²) in [5, 5.41) is 14.0. The second-order valence-corrected chi connectivity index (χ2v) is 7.78. The second-order valence-electron chi connectivity index (χ2n) is 6.68. The number of primary amides is 1. The zero-order valence-electron chi connectivity index (χ0n) is 16.0. The Labute approximate surface area is 175 Å². The van der Waals surface area contributed by atoms with Crippen molar-refractivity contribution in [2.45, 2.75) is 17.5 Å². The number of urea groups is 1. The van der Waals surface area contributed by atoms with E-state index in [2.05, 4.69) is 10.6 Å². The standard InChI is InChI=1S/C18H21N5O6S/c1-29-6-9-7-30-16-12(15(25)23(16)13(9)17(26)27)22-14(24)11(19)8-2-4-10(5-3-8)21-18(20)28/h2-5,11-12,16H,6-7,19H2,1H3,(H,22,24)(H,26,27)(H3,20,21,28)/t11?,12?,16-/m1/s1. The van der Waals surface area contributed by atoms with Crippen LogP contribution in [0.25, 0.3) is 0 Å². The van der Waals surface area contributed by atoms with Crippen LogP contribution in [0.1, 0.15) is 11.6 Å². The van der Waals surface area contributed by atoms with Gasteiger partial charge in [0.15, 0.2) is 0 Å². The lowest BCUT2D eigenvalue weighted by Crippen LogP contribution is -2.71. The van der Waals surface area contributed by atoms with Gasteiger partial charge in [-0.25, -0.2) is 9.59 Å². The number of rotatable bonds is 7. The number of nitrogens with two attached hydrogens (primary N) is 2. The van der Waals surface area contributed by atoms with Crippen molar-refractivity contribution in [3.63, 3.8) is 0 Å². The number of methoxy groups -OCH3 is 1. The number of carboxylic acid groups (broad SMARTS) is 1. The van der Waals surface area contributed by atoms with Crippen molar-refractivity contribution < 1.29 is 29.0 Å². The van der Waals surface area contributed by atoms with Crippen LogP contribution in [-0.2, 0) is 19.1 Å². The van der Waals surface area contributed by atoms with E-state index < -0.39 is 41.3 Å². The molecule has 30 heavy (non-hydrogen) atoms. The predicted molar refractivity (Wildman–Crippen MR) is 108 cm³/mol. The monoisotopic (exact) mass is 435 g/mol. The normalized spacial score (nSPS) is 21.4. The first-order chi connectivity index (χ1) is 14.2. The van der Waals surface area contributed by atoms with Gasteiger partial charge < -0.3 is 31.9 Å². The molecule has 0 bridgehead atoms. The quantitative estimate of drug-likeness (QED) is 0.358. The number of thioether (sulfide) groups is 1. The summed E-state index contributed by atoms with van der Waals surface area (Å²) in [7, 11) is 1.45. The first-order valence-electron chi connectivity index (χ1n) is 8.86. The van der Waals surface area contributed by atoms with Crippen molar-refractivity contribution in [1.29, 1.82) is 0 Å². The molecule has 1 fully saturated rings. The molecule has 7 N–H and O–H groups in total. The summed E-state index contributed by atoms with van der Waals surface area (Å²) in [5.41, 5.74) is 12.4. The number of hydrogen-bond acceptors (Lipinski definition) is 7. The van der Waals surface area contributed by atoms with Gasteiger partial charge in [0, 0.05) is 18.6 Å². The van der Waals surface area contributed by atoms with Crippen molar-refractivity contribution in [3.8, 4) is 0 Å². The summed E-state index contributed by atoms with van der Waals surface area (Å²) in [6.45, 7) is 0.105. The Kier molecular flexibility index (Phi) is 6.29. The zero-order chi connectivity index (χ0) is 22.0. The molecule has 2 heterocycles. The van der Waals surface area contributed by atoms with Crippen LogP contribution in [0.3, 0.4) is 0 Å². The summed E-state index contributed by atoms with van der Waals surface area (Å²) in [6, 6.07) is 3.56. The lowest BCUT2D eigenvalue weighted by atomic mass is 10.0. The van der Waals surface area contributed by atoms with Gasteiger partial charge in [0.2, 0.25) is 5.91 Å². The number of amides is 4. The van der Waals surface area contributed by atoms with E-state index in [0.717, 1.165) is 0 Å². The summed E-state index contributed by atoms with van der Waals surface area (Å²) in [5.74, 6) is -1.93. The van der Waals surface area contributed by atoms with Crippen LogP contribution in [0.4, 0.5) is 10.5 Å². The third-order valence-corrected chi connectivity index (χ3v) is 6.03. The van der Waals surface area contributed by atoms with Crippen molar-refractivity contribution in [3.05, 3.63) is 41.1 Å². The highest BCUT2D eigenvalue weighted by Gasteiger charge is 2.54. The number of aliphatic carboxylic acids is 1. The lowest BCUT2D eigenvalue weighted by molar-refractivity contribution is -0.151. The van der Waals surface area contributed by atoms with E-state index >= 15 is 0 Å². The maximum absolute atomic E-state index is 12.6. The van der Waals surface area contributed by atoms with Crippen molar-refractivity contribution in [2.75, 3.05) is 24.8 Å². The van der Waals surface area contributed by atoms with Gasteiger partial charge in [-0.05, 0) is 23.3 Å². The van der Waals surface area contributed by atoms with Gasteiger partial charge in [-0.3, -0.25) is 14.5 Å². The Balaban J connectivity index is 1.68. The third kappa shape index (κ3) is 4.10. The fourth-order valence-corrected chi connectivity index (χ4v) is 4.61. The Morgan fingerprint density at radius 2 is 2.00 bits per heavy atom. The Morgan fingerprint density at radius 3 is 2.57 bits per heavy atom. The highest BCUT2D eigenvalue weighted by molar-refractivity contribution is 8.00. The van der Waals surface area contributed by atoms with E-state index in [9.17, 15) is 24.3 Å². The first-order valence-corrected chi connectivity index (χ1v) is 9.90. The topological polar surface area (TPSA) is 177 Å². The summed E-state index contributed by atoms with van der Waals surface area (Å²) in [6.07, 6.45) is 0. The molecule has 160 valence electrons. The van der Waals surface area contributed by atoms with E-state index in [-0.39, 0.29) is 12.3 Å². The lowest BCUT2D eigenvalue weighted by Gasteiger charge is -2.49. The molecular formula is C18H21N5O6S. The van der Waals surface area contributed by atoms with E-state index in [1.807, 2.05) is 0 Å². The molecule has 0 aliphatic carbocycles. The molecule has 0 saturated carbocycles. The summed E-state index contributed by atoms with van der Waals surface area (Å²) >= 11 is 1.35. The van der Waals surface area contributed by atoms with Crippen molar-refractivity contribution >= 4 is 41.3 Å². The Morgan fingerprint density at radius 1 is 1.33 bits per heavy atom. The Hall–Kier alpha value is -3.09. The molecule has 3 atom stereocenters. The largest absolute Gasteiger partial charge is 0.477 e. The maximum Gasteiger partial charge on any atom is 0.352 e. The number of anilines is 1. The molecule has 11 nitrogen and oxygen atoms in total. The molecule has 12 heteroatoms. The molecule has 1 aromatic carbocycles. The van der Waals surface area contributed by atoms with Crippen LogP contribution in [0.15, 0.2) is 35.5 Å². The molecule has 2 aliphatic heterocycles. The van der Waals surface area contributed by atoms with Gasteiger partial charge in [0.1, 0.15) is 23.2 Å². The number of carboxylic acids is 1. The molecule has 1 saturated heterocycles. The van der Waals surface area contributed by atoms with E-state index in [4.69, 9.17) is 16.2 Å². The first kappa shape index (κ1) is 21.6. The van der Waals surface area contributed by atoms with E-state index in [1.165, 1.54) is 23.8 Å². The van der Waals surface area contributed by atoms with Gasteiger partial charge in [0.05, 0.1) is 6.61 Å². The number of benzene rings is 1. The van der Waals surface area contributed by atoms with Gasteiger partial charge in [0.25, 0.3) is 5.91 Å². The average Bonchev–Trinajstić information content (AvgIpc) is 2.71. The molecule has 4 amide bonds. The SMILES string of the molecule is COCC1=C(C(=O)O)N2C(=O)C(NC(=O)C(N)c3ccc(NC(N)=O)cc3)[C@H]2SC1. The molecule has 2 aliphatic rings. The van der Waals surface area contributed by atoms with Crippen LogP contribution in [0, 0.1) is 0 Å². The highest BCUT2D eigenvalue weighted by atomic mass is 32.2. The Bertz CT molecular complexity index is 918. The summed E-state index contributed by atoms with van der Waals surface area (Å²) < 4.78 is 5.02. The van der Waals surface area contributed by atoms with E-state index in [1.54, 1.807) is 24.3 Å². The van der Waals surface area contributed by atoms with Gasteiger partial charge in [-0.2, -0.15) is 0 Å². The highest BCUT2D eigenvalue weighted by Crippen LogP contribution is 2.40. The summed E-state index contributed by atoms with van der Waals surface area (Å²) in [4.78, 5) is 48.8. The van der Waals surface area contributed by atoms with Crippen molar-refractivity contribution in [1.82, 2.24) is 10.2 Å². The smallest absolute Gasteiger partial charge is 0.352 e. The minimum atomic E-state index is -1.22. The molecule has 3 rings (SSSR count). The van der Waals surface area contributed by atoms with Crippen LogP contribution in [0.5, 0.6) is 0 Å². The fraction of sp³-hybridized carbons (Fsp3) is 0.333. The minimum absolute atomic E-state index is 0.0991. The number of carbonyl (C=O) groups excluding carboxylic acids is 3. The average molecular weight is 435 g/mol. The number of nitrogens with one attached hydrogen (secondary N) is 2. The molecule has 1 aromatic rings. The molecular weight excluding hydrogens is 414 g/mol. The van der Waals surface area contributed by atoms with Crippen molar-refractivity contribution in [2.24, 2.45) is 11.5 Å². The molecule has 0 aromatic heterocycles. The van der Waals surface area contributed by atoms with Gasteiger partial charge in [-0.15, -0.1) is 11.8 Å². The predicted octanol–water partition coefficient (Wildman–Crippen LogP) is -0.438. The zero-order valence-corrected chi connectivity index (χ0v) is 16.8. The number of ether oxygens (including phenoxy) is 1. The van der Waals surface area contributed by atoms with Crippen LogP contribution in [0.2, 0.25) is 0 Å². The third-order valence-electron chi connectivity index (χ3n) is 4.69. The van der Waals surface area contributed by atoms with Crippen LogP contribution >= 0.6 is 11.8 Å². The number of β-lactam (4-membered cyclic amide) rings is 1. The van der Waals surface area contributed by atoms with E-state index in [0.29, 0.717) is 22.6 Å². The fourth-order valence-electron chi connectivity index (χ4n) is 3.28. The van der Waals surface area contributed by atoms with Gasteiger partial charge in [-0.1, -0.05) is 12.1 Å². The molecule has 0 spiro atoms. The van der Waals surface area contributed by atoms with Crippen LogP contribution < -0.4 is 22.1 Å². The number of fused-ring (bicyclic) bond motifs is 1. The van der Waals surface area contributed by atoms with Gasteiger partial charge >= 0.3 is 12.0 Å². The number of carbonyl (C=O) groups is 4. The number of nitrogens with zero attached hydrogens (tertiary/aromatic N) is 1. The number of hydrogen-bond donors (Lipinski definition) is 5. The molecule has 0 radical (unpaired) electrons. The van der Waals surface area contributed by atoms with Crippen LogP contribution in [-0.4, -0.2) is 64.7 Å². The minimum Gasteiger partial charge on any atom is -0.477 e. The maximum atomic E-state index is 12.6. The second kappa shape index (κ2) is 8.73.